The molecule has 1 saturated heterocycles. The van der Waals surface area contributed by atoms with E-state index in [-0.39, 0.29) is 17.4 Å². The normalized spacial score (nSPS) is 16.8. The molecule has 3 aromatic rings. The predicted octanol–water partition coefficient (Wildman–Crippen LogP) is 3.54. The number of fused-ring (bicyclic) bond motifs is 1. The van der Waals surface area contributed by atoms with E-state index in [9.17, 15) is 13.2 Å². The molecule has 152 valence electrons. The zero-order valence-electron chi connectivity index (χ0n) is 16.5. The van der Waals surface area contributed by atoms with Crippen LogP contribution in [-0.4, -0.2) is 37.9 Å². The highest BCUT2D eigenvalue weighted by Crippen LogP contribution is 2.37. The number of methoxy groups -OCH3 is 1. The van der Waals surface area contributed by atoms with E-state index in [1.807, 2.05) is 31.3 Å². The molecule has 0 saturated carbocycles. The summed E-state index contributed by atoms with van der Waals surface area (Å²) in [4.78, 5) is 15.3. The Balaban J connectivity index is 1.85. The van der Waals surface area contributed by atoms with Gasteiger partial charge >= 0.3 is 0 Å². The molecule has 7 heteroatoms. The lowest BCUT2D eigenvalue weighted by molar-refractivity contribution is 0.100. The lowest BCUT2D eigenvalue weighted by atomic mass is 9.90. The Morgan fingerprint density at radius 2 is 1.86 bits per heavy atom. The zero-order valence-corrected chi connectivity index (χ0v) is 17.3. The Morgan fingerprint density at radius 3 is 2.48 bits per heavy atom. The number of sulfone groups is 1. The molecular weight excluding hydrogens is 388 g/mol. The summed E-state index contributed by atoms with van der Waals surface area (Å²) in [6, 6.07) is 9.74. The van der Waals surface area contributed by atoms with Crippen LogP contribution in [0.2, 0.25) is 0 Å². The van der Waals surface area contributed by atoms with Crippen molar-refractivity contribution in [1.29, 1.82) is 0 Å². The second-order valence-electron chi connectivity index (χ2n) is 7.67. The topological polar surface area (TPSA) is 102 Å². The van der Waals surface area contributed by atoms with Crippen LogP contribution in [0.4, 0.5) is 0 Å². The Morgan fingerprint density at radius 1 is 1.14 bits per heavy atom. The summed E-state index contributed by atoms with van der Waals surface area (Å²) in [6.45, 7) is 1.97. The van der Waals surface area contributed by atoms with Gasteiger partial charge in [-0.25, -0.2) is 8.42 Å². The summed E-state index contributed by atoms with van der Waals surface area (Å²) in [7, 11) is -1.31. The second kappa shape index (κ2) is 7.22. The van der Waals surface area contributed by atoms with Crippen molar-refractivity contribution in [3.63, 3.8) is 0 Å². The van der Waals surface area contributed by atoms with Crippen LogP contribution in [0.5, 0.6) is 5.75 Å². The van der Waals surface area contributed by atoms with E-state index in [4.69, 9.17) is 10.5 Å². The molecule has 1 amide bonds. The molecule has 1 aromatic heterocycles. The molecule has 0 atom stereocenters. The van der Waals surface area contributed by atoms with E-state index < -0.39 is 15.7 Å². The van der Waals surface area contributed by atoms with Gasteiger partial charge in [0.25, 0.3) is 5.91 Å². The zero-order chi connectivity index (χ0) is 20.8. The van der Waals surface area contributed by atoms with Gasteiger partial charge in [-0.15, -0.1) is 0 Å². The van der Waals surface area contributed by atoms with E-state index in [2.05, 4.69) is 11.1 Å². The number of rotatable bonds is 4. The number of aromatic nitrogens is 1. The van der Waals surface area contributed by atoms with Crippen molar-refractivity contribution in [2.45, 2.75) is 25.7 Å². The number of benzene rings is 2. The first kappa shape index (κ1) is 19.5. The number of amides is 1. The van der Waals surface area contributed by atoms with Gasteiger partial charge < -0.3 is 15.5 Å². The lowest BCUT2D eigenvalue weighted by Crippen LogP contribution is -2.22. The summed E-state index contributed by atoms with van der Waals surface area (Å²) in [5.74, 6) is 0.840. The molecule has 0 spiro atoms. The quantitative estimate of drug-likeness (QED) is 0.684. The number of carbonyl (C=O) groups is 1. The van der Waals surface area contributed by atoms with Gasteiger partial charge in [-0.3, -0.25) is 4.79 Å². The highest BCUT2D eigenvalue weighted by molar-refractivity contribution is 7.91. The molecule has 6 nitrogen and oxygen atoms in total. The van der Waals surface area contributed by atoms with Crippen molar-refractivity contribution in [2.75, 3.05) is 18.6 Å². The maximum Gasteiger partial charge on any atom is 0.250 e. The molecule has 0 radical (unpaired) electrons. The van der Waals surface area contributed by atoms with Gasteiger partial charge in [0.2, 0.25) is 0 Å². The summed E-state index contributed by atoms with van der Waals surface area (Å²) < 4.78 is 29.0. The summed E-state index contributed by atoms with van der Waals surface area (Å²) >= 11 is 0. The fourth-order valence-electron chi connectivity index (χ4n) is 4.21. The molecule has 3 N–H and O–H groups in total. The standard InChI is InChI=1S/C22H24N2O4S/c1-13-9-15(3-4-20(13)28-2)16-10-17-19(14-5-7-29(26,27)8-6-14)12-24-21(17)18(11-16)22(23)25/h3-4,9-12,14,24H,5-8H2,1-2H3,(H2,23,25). The van der Waals surface area contributed by atoms with E-state index in [1.54, 1.807) is 13.2 Å². The molecule has 1 aliphatic heterocycles. The highest BCUT2D eigenvalue weighted by Gasteiger charge is 2.27. The third-order valence-corrected chi connectivity index (χ3v) is 7.52. The molecule has 2 aromatic carbocycles. The fourth-order valence-corrected chi connectivity index (χ4v) is 5.70. The number of hydrogen-bond acceptors (Lipinski definition) is 4. The number of H-pyrrole nitrogens is 1. The highest BCUT2D eigenvalue weighted by atomic mass is 32.2. The molecule has 0 bridgehead atoms. The van der Waals surface area contributed by atoms with Gasteiger partial charge in [0.1, 0.15) is 15.6 Å². The van der Waals surface area contributed by atoms with Gasteiger partial charge in [0, 0.05) is 11.6 Å². The lowest BCUT2D eigenvalue weighted by Gasteiger charge is -2.21. The van der Waals surface area contributed by atoms with Crippen molar-refractivity contribution in [3.8, 4) is 16.9 Å². The van der Waals surface area contributed by atoms with Crippen molar-refractivity contribution in [3.05, 3.63) is 53.2 Å². The van der Waals surface area contributed by atoms with Crippen LogP contribution >= 0.6 is 0 Å². The minimum atomic E-state index is -2.94. The average Bonchev–Trinajstić information content (AvgIpc) is 3.11. The SMILES string of the molecule is COc1ccc(-c2cc(C(N)=O)c3[nH]cc(C4CCS(=O)(=O)CC4)c3c2)cc1C. The van der Waals surface area contributed by atoms with Crippen LogP contribution < -0.4 is 10.5 Å². The first-order valence-corrected chi connectivity index (χ1v) is 11.4. The summed E-state index contributed by atoms with van der Waals surface area (Å²) in [5, 5.41) is 0.925. The largest absolute Gasteiger partial charge is 0.496 e. The maximum atomic E-state index is 12.1. The summed E-state index contributed by atoms with van der Waals surface area (Å²) in [6.07, 6.45) is 3.07. The van der Waals surface area contributed by atoms with E-state index in [1.165, 1.54) is 0 Å². The number of nitrogens with one attached hydrogen (secondary N) is 1. The van der Waals surface area contributed by atoms with Crippen molar-refractivity contribution >= 4 is 26.6 Å². The minimum Gasteiger partial charge on any atom is -0.496 e. The van der Waals surface area contributed by atoms with Crippen LogP contribution in [0, 0.1) is 6.92 Å². The Kier molecular flexibility index (Phi) is 4.86. The van der Waals surface area contributed by atoms with Crippen LogP contribution in [-0.2, 0) is 9.84 Å². The van der Waals surface area contributed by atoms with Crippen molar-refractivity contribution < 1.29 is 17.9 Å². The number of carbonyl (C=O) groups excluding carboxylic acids is 1. The Bertz CT molecular complexity index is 1200. The molecule has 2 heterocycles. The van der Waals surface area contributed by atoms with E-state index in [0.717, 1.165) is 33.4 Å². The Labute approximate surface area is 170 Å². The fraction of sp³-hybridized carbons (Fsp3) is 0.318. The molecular formula is C22H24N2O4S. The maximum absolute atomic E-state index is 12.1. The molecule has 4 rings (SSSR count). The number of aryl methyl sites for hydroxylation is 1. The second-order valence-corrected chi connectivity index (χ2v) is 9.97. The van der Waals surface area contributed by atoms with E-state index >= 15 is 0 Å². The van der Waals surface area contributed by atoms with Gasteiger partial charge in [0.05, 0.1) is 29.7 Å². The molecule has 1 aliphatic rings. The monoisotopic (exact) mass is 412 g/mol. The predicted molar refractivity (Wildman–Crippen MR) is 114 cm³/mol. The smallest absolute Gasteiger partial charge is 0.250 e. The number of nitrogens with two attached hydrogens (primary N) is 1. The number of ether oxygens (including phenoxy) is 1. The number of hydrogen-bond donors (Lipinski definition) is 2. The number of primary amides is 1. The first-order valence-electron chi connectivity index (χ1n) is 9.59. The van der Waals surface area contributed by atoms with Crippen LogP contribution in [0.15, 0.2) is 36.5 Å². The molecule has 0 unspecified atom stereocenters. The third kappa shape index (κ3) is 3.62. The van der Waals surface area contributed by atoms with E-state index in [0.29, 0.717) is 23.9 Å². The first-order chi connectivity index (χ1) is 13.8. The van der Waals surface area contributed by atoms with Gasteiger partial charge in [-0.05, 0) is 72.2 Å². The van der Waals surface area contributed by atoms with Gasteiger partial charge in [-0.1, -0.05) is 6.07 Å². The van der Waals surface area contributed by atoms with Crippen LogP contribution in [0.25, 0.3) is 22.0 Å². The third-order valence-electron chi connectivity index (χ3n) is 5.81. The molecule has 1 fully saturated rings. The van der Waals surface area contributed by atoms with Crippen molar-refractivity contribution in [1.82, 2.24) is 4.98 Å². The molecule has 0 aliphatic carbocycles. The average molecular weight is 413 g/mol. The van der Waals surface area contributed by atoms with Crippen LogP contribution in [0.1, 0.15) is 40.2 Å². The number of aromatic amines is 1. The Hall–Kier alpha value is -2.80. The van der Waals surface area contributed by atoms with Gasteiger partial charge in [0.15, 0.2) is 0 Å². The van der Waals surface area contributed by atoms with Gasteiger partial charge in [-0.2, -0.15) is 0 Å². The van der Waals surface area contributed by atoms with Crippen molar-refractivity contribution in [2.24, 2.45) is 5.73 Å². The minimum absolute atomic E-state index is 0.140. The summed E-state index contributed by atoms with van der Waals surface area (Å²) in [5.41, 5.74) is 10.7. The van der Waals surface area contributed by atoms with Crippen LogP contribution in [0.3, 0.4) is 0 Å². The molecule has 29 heavy (non-hydrogen) atoms.